The molecule has 2 heterocycles. The van der Waals surface area contributed by atoms with E-state index in [2.05, 4.69) is 23.8 Å². The maximum absolute atomic E-state index is 9.97. The average Bonchev–Trinajstić information content (AvgIpc) is 2.63. The number of rotatable bonds is 0. The van der Waals surface area contributed by atoms with E-state index in [9.17, 15) is 5.11 Å². The summed E-state index contributed by atoms with van der Waals surface area (Å²) in [6.45, 7) is 4.25. The van der Waals surface area contributed by atoms with Gasteiger partial charge in [-0.1, -0.05) is 50.1 Å². The fourth-order valence-electron chi connectivity index (χ4n) is 2.59. The summed E-state index contributed by atoms with van der Waals surface area (Å²) < 4.78 is 0. The van der Waals surface area contributed by atoms with Crippen molar-refractivity contribution in [2.24, 2.45) is 0 Å². The van der Waals surface area contributed by atoms with Crippen molar-refractivity contribution in [1.29, 1.82) is 0 Å². The molecule has 0 atom stereocenters. The molecule has 2 aromatic heterocycles. The van der Waals surface area contributed by atoms with E-state index in [1.807, 2.05) is 24.3 Å². The van der Waals surface area contributed by atoms with Gasteiger partial charge in [-0.05, 0) is 23.6 Å². The summed E-state index contributed by atoms with van der Waals surface area (Å²) in [5.41, 5.74) is 1.54. The standard InChI is InChI=1S/C16H9ClN2O.C3H8.2ClH.Pt/c17-12-5-7-18-15-10(12)3-1-9-2-4-11-13(20)6-8-19-16(11)14(9)15;1-3-2;;;/h1-8H,(H,19,20);3H2,1-2H3;2*1H;/q;;;;+2/p-2. The SMILES string of the molecule is CCC.Oc1ccnc2c1ccc1ccc3c(Cl)ccnc3c12.[Cl][Pt][Cl]. The van der Waals surface area contributed by atoms with Crippen LogP contribution in [0, 0.1) is 0 Å². The molecule has 0 aliphatic carbocycles. The van der Waals surface area contributed by atoms with Crippen LogP contribution in [-0.2, 0) is 16.5 Å². The summed E-state index contributed by atoms with van der Waals surface area (Å²) in [6, 6.07) is 11.1. The fraction of sp³-hybridized carbons (Fsp3) is 0.158. The Morgan fingerprint density at radius 3 is 2.00 bits per heavy atom. The second kappa shape index (κ2) is 10.3. The molecule has 3 nitrogen and oxygen atoms in total. The Bertz CT molecular complexity index is 949. The van der Waals surface area contributed by atoms with Crippen molar-refractivity contribution in [2.45, 2.75) is 20.3 Å². The van der Waals surface area contributed by atoms with Gasteiger partial charge in [0.15, 0.2) is 0 Å². The molecule has 0 saturated heterocycles. The van der Waals surface area contributed by atoms with Gasteiger partial charge in [0.2, 0.25) is 0 Å². The number of aromatic hydroxyl groups is 1. The van der Waals surface area contributed by atoms with Crippen LogP contribution in [0.3, 0.4) is 0 Å². The van der Waals surface area contributed by atoms with Gasteiger partial charge in [0.25, 0.3) is 0 Å². The second-order valence-corrected chi connectivity index (χ2v) is 9.09. The van der Waals surface area contributed by atoms with Crippen LogP contribution in [0.15, 0.2) is 48.8 Å². The van der Waals surface area contributed by atoms with Crippen molar-refractivity contribution in [3.05, 3.63) is 53.8 Å². The number of fused-ring (bicyclic) bond motifs is 5. The molecule has 0 fully saturated rings. The van der Waals surface area contributed by atoms with Crippen LogP contribution in [0.5, 0.6) is 5.75 Å². The molecule has 2 aromatic carbocycles. The van der Waals surface area contributed by atoms with Gasteiger partial charge >= 0.3 is 35.3 Å². The van der Waals surface area contributed by atoms with E-state index in [0.29, 0.717) is 10.4 Å². The molecule has 26 heavy (non-hydrogen) atoms. The first kappa shape index (κ1) is 21.2. The molecular weight excluding hydrogens is 574 g/mol. The Balaban J connectivity index is 0.000000361. The molecule has 0 bridgehead atoms. The Labute approximate surface area is 173 Å². The van der Waals surface area contributed by atoms with E-state index in [1.54, 1.807) is 24.5 Å². The molecule has 0 amide bonds. The minimum atomic E-state index is -0.472. The summed E-state index contributed by atoms with van der Waals surface area (Å²) in [6.07, 6.45) is 4.53. The first-order valence-electron chi connectivity index (χ1n) is 7.84. The first-order valence-corrected chi connectivity index (χ1v) is 13.9. The quantitative estimate of drug-likeness (QED) is 0.223. The summed E-state index contributed by atoms with van der Waals surface area (Å²) in [4.78, 5) is 8.85. The molecule has 0 spiro atoms. The summed E-state index contributed by atoms with van der Waals surface area (Å²) in [5.74, 6) is 0.218. The summed E-state index contributed by atoms with van der Waals surface area (Å²) in [5, 5.41) is 14.2. The molecule has 1 N–H and O–H groups in total. The molecule has 0 radical (unpaired) electrons. The Kier molecular flexibility index (Phi) is 8.37. The molecule has 4 aromatic rings. The van der Waals surface area contributed by atoms with Gasteiger partial charge in [0.05, 0.1) is 16.1 Å². The topological polar surface area (TPSA) is 46.0 Å². The second-order valence-electron chi connectivity index (χ2n) is 5.40. The monoisotopic (exact) mass is 589 g/mol. The van der Waals surface area contributed by atoms with E-state index in [0.717, 1.165) is 27.2 Å². The van der Waals surface area contributed by atoms with Gasteiger partial charge in [0.1, 0.15) is 5.75 Å². The van der Waals surface area contributed by atoms with Crippen LogP contribution in [0.25, 0.3) is 32.6 Å². The van der Waals surface area contributed by atoms with Crippen LogP contribution in [0.2, 0.25) is 5.02 Å². The van der Waals surface area contributed by atoms with Gasteiger partial charge in [-0.2, -0.15) is 0 Å². The summed E-state index contributed by atoms with van der Waals surface area (Å²) in [7, 11) is 9.75. The first-order chi connectivity index (χ1) is 12.6. The van der Waals surface area contributed by atoms with Crippen LogP contribution >= 0.6 is 30.4 Å². The molecule has 0 aliphatic rings. The van der Waals surface area contributed by atoms with Crippen molar-refractivity contribution in [3.8, 4) is 5.75 Å². The normalized spacial score (nSPS) is 10.3. The van der Waals surface area contributed by atoms with E-state index >= 15 is 0 Å². The fourth-order valence-corrected chi connectivity index (χ4v) is 2.80. The van der Waals surface area contributed by atoms with Crippen molar-refractivity contribution in [1.82, 2.24) is 9.97 Å². The summed E-state index contributed by atoms with van der Waals surface area (Å²) >= 11 is 5.76. The third kappa shape index (κ3) is 4.58. The minimum absolute atomic E-state index is 0.218. The molecule has 0 aliphatic heterocycles. The zero-order chi connectivity index (χ0) is 19.1. The van der Waals surface area contributed by atoms with Crippen LogP contribution < -0.4 is 0 Å². The van der Waals surface area contributed by atoms with Crippen LogP contribution in [-0.4, -0.2) is 15.1 Å². The molecule has 0 saturated carbocycles. The van der Waals surface area contributed by atoms with Gasteiger partial charge in [-0.15, -0.1) is 0 Å². The van der Waals surface area contributed by atoms with Gasteiger partial charge in [-0.25, -0.2) is 0 Å². The van der Waals surface area contributed by atoms with Gasteiger partial charge in [-0.3, -0.25) is 9.97 Å². The van der Waals surface area contributed by atoms with E-state index in [4.69, 9.17) is 30.4 Å². The number of hydrogen-bond acceptors (Lipinski definition) is 3. The Hall–Kier alpha value is -1.12. The van der Waals surface area contributed by atoms with E-state index < -0.39 is 16.5 Å². The molecule has 140 valence electrons. The predicted octanol–water partition coefficient (Wildman–Crippen LogP) is 7.09. The molecular formula is C19H17Cl3N2OPt. The van der Waals surface area contributed by atoms with E-state index in [1.165, 1.54) is 6.42 Å². The van der Waals surface area contributed by atoms with Crippen molar-refractivity contribution >= 4 is 63.0 Å². The molecule has 4 rings (SSSR count). The van der Waals surface area contributed by atoms with Crippen molar-refractivity contribution < 1.29 is 21.6 Å². The number of hydrogen-bond donors (Lipinski definition) is 1. The predicted molar refractivity (Wildman–Crippen MR) is 109 cm³/mol. The van der Waals surface area contributed by atoms with Gasteiger partial charge < -0.3 is 5.11 Å². The zero-order valence-corrected chi connectivity index (χ0v) is 18.7. The van der Waals surface area contributed by atoms with Gasteiger partial charge in [0, 0.05) is 28.6 Å². The Morgan fingerprint density at radius 1 is 0.885 bits per heavy atom. The average molecular weight is 591 g/mol. The van der Waals surface area contributed by atoms with Crippen molar-refractivity contribution in [2.75, 3.05) is 0 Å². The number of nitrogens with zero attached hydrogens (tertiary/aromatic N) is 2. The number of halogens is 3. The maximum atomic E-state index is 9.97. The van der Waals surface area contributed by atoms with E-state index in [-0.39, 0.29) is 5.75 Å². The van der Waals surface area contributed by atoms with Crippen molar-refractivity contribution in [3.63, 3.8) is 0 Å². The zero-order valence-electron chi connectivity index (χ0n) is 14.1. The number of aromatic nitrogens is 2. The third-order valence-corrected chi connectivity index (χ3v) is 3.86. The third-order valence-electron chi connectivity index (χ3n) is 3.53. The van der Waals surface area contributed by atoms with Crippen LogP contribution in [0.1, 0.15) is 20.3 Å². The molecule has 7 heteroatoms. The van der Waals surface area contributed by atoms with Crippen LogP contribution in [0.4, 0.5) is 0 Å². The number of pyridine rings is 2. The number of benzene rings is 2. The molecule has 0 unspecified atom stereocenters. The Morgan fingerprint density at radius 2 is 1.38 bits per heavy atom.